The lowest BCUT2D eigenvalue weighted by Crippen LogP contribution is -2.22. The van der Waals surface area contributed by atoms with Gasteiger partial charge in [-0.05, 0) is 85.0 Å². The molecule has 0 aliphatic carbocycles. The molecule has 0 amide bonds. The average Bonchev–Trinajstić information content (AvgIpc) is 2.96. The van der Waals surface area contributed by atoms with Crippen LogP contribution in [-0.2, 0) is 44.1 Å². The van der Waals surface area contributed by atoms with E-state index in [9.17, 15) is 5.11 Å². The molecule has 4 rings (SSSR count). The number of aliphatic hydroxyl groups excluding tert-OH is 1. The number of rotatable bonds is 10. The van der Waals surface area contributed by atoms with Crippen molar-refractivity contribution in [2.45, 2.75) is 76.3 Å². The second-order valence-corrected chi connectivity index (χ2v) is 9.45. The molecule has 0 radical (unpaired) electrons. The summed E-state index contributed by atoms with van der Waals surface area (Å²) in [6.07, 6.45) is 6.42. The van der Waals surface area contributed by atoms with Crippen LogP contribution in [0.25, 0.3) is 0 Å². The summed E-state index contributed by atoms with van der Waals surface area (Å²) in [7, 11) is 3.30. The van der Waals surface area contributed by atoms with Crippen molar-refractivity contribution in [3.05, 3.63) is 58.7 Å². The normalized spacial score (nSPS) is 19.8. The van der Waals surface area contributed by atoms with Gasteiger partial charge < -0.3 is 33.5 Å². The van der Waals surface area contributed by atoms with Crippen LogP contribution in [0.3, 0.4) is 0 Å². The van der Waals surface area contributed by atoms with Crippen molar-refractivity contribution in [2.75, 3.05) is 27.4 Å². The third-order valence-corrected chi connectivity index (χ3v) is 6.66. The monoisotopic (exact) mass is 566 g/mol. The van der Waals surface area contributed by atoms with Crippen LogP contribution in [0.15, 0.2) is 36.4 Å². The summed E-state index contributed by atoms with van der Waals surface area (Å²) in [5, 5.41) is 9.99. The molecular formula is C28H39BrO7. The summed E-state index contributed by atoms with van der Waals surface area (Å²) >= 11 is 3.46. The van der Waals surface area contributed by atoms with Crippen LogP contribution >= 0.6 is 15.9 Å². The Balaban J connectivity index is 0.000000201. The fraction of sp³-hybridized carbons (Fsp3) is 0.571. The highest BCUT2D eigenvalue weighted by molar-refractivity contribution is 9.08. The topological polar surface area (TPSA) is 75.6 Å². The first-order chi connectivity index (χ1) is 17.6. The Kier molecular flexibility index (Phi) is 13.0. The zero-order chi connectivity index (χ0) is 25.6. The number of alkyl halides is 1. The van der Waals surface area contributed by atoms with Gasteiger partial charge in [0.1, 0.15) is 11.5 Å². The molecule has 0 aromatic heterocycles. The van der Waals surface area contributed by atoms with E-state index in [1.165, 1.54) is 12.0 Å². The van der Waals surface area contributed by atoms with Gasteiger partial charge in [-0.25, -0.2) is 0 Å². The Morgan fingerprint density at radius 1 is 0.722 bits per heavy atom. The molecule has 8 heteroatoms. The van der Waals surface area contributed by atoms with Crippen LogP contribution in [0.1, 0.15) is 60.8 Å². The number of methoxy groups -OCH3 is 2. The standard InChI is InChI=1S/C14H19BrO3.C14H20O4/c2*1-16-13-7-11(9-15)6-12(8-13)10-18-14-4-2-3-5-17-14/h6-8,14H,2-5,9-10H2,1H3;6-8,14-15H,2-5,9-10H2,1H3. The molecule has 0 saturated carbocycles. The summed E-state index contributed by atoms with van der Waals surface area (Å²) in [5.74, 6) is 1.61. The van der Waals surface area contributed by atoms with Gasteiger partial charge in [0, 0.05) is 18.5 Å². The molecule has 2 heterocycles. The molecule has 2 saturated heterocycles. The van der Waals surface area contributed by atoms with E-state index in [0.717, 1.165) is 78.8 Å². The van der Waals surface area contributed by atoms with Crippen molar-refractivity contribution in [2.24, 2.45) is 0 Å². The molecule has 2 unspecified atom stereocenters. The lowest BCUT2D eigenvalue weighted by atomic mass is 10.1. The average molecular weight is 568 g/mol. The van der Waals surface area contributed by atoms with E-state index in [2.05, 4.69) is 22.0 Å². The Hall–Kier alpha value is -1.68. The Morgan fingerprint density at radius 2 is 1.19 bits per heavy atom. The molecular weight excluding hydrogens is 528 g/mol. The second-order valence-electron chi connectivity index (χ2n) is 8.88. The third-order valence-electron chi connectivity index (χ3n) is 6.01. The smallest absolute Gasteiger partial charge is 0.158 e. The van der Waals surface area contributed by atoms with Crippen molar-refractivity contribution < 1.29 is 33.5 Å². The summed E-state index contributed by atoms with van der Waals surface area (Å²) in [6.45, 7) is 2.65. The van der Waals surface area contributed by atoms with Crippen LogP contribution in [0, 0.1) is 0 Å². The molecule has 1 N–H and O–H groups in total. The van der Waals surface area contributed by atoms with E-state index in [-0.39, 0.29) is 19.2 Å². The minimum atomic E-state index is -0.0949. The predicted octanol–water partition coefficient (Wildman–Crippen LogP) is 5.86. The maximum absolute atomic E-state index is 9.18. The second kappa shape index (κ2) is 16.2. The van der Waals surface area contributed by atoms with E-state index in [0.29, 0.717) is 13.2 Å². The molecule has 2 aliphatic heterocycles. The summed E-state index contributed by atoms with van der Waals surface area (Å²) < 4.78 is 33.0. The first kappa shape index (κ1) is 28.9. The number of halogens is 1. The fourth-order valence-corrected chi connectivity index (χ4v) is 4.42. The van der Waals surface area contributed by atoms with Crippen molar-refractivity contribution in [3.63, 3.8) is 0 Å². The number of aliphatic hydroxyl groups is 1. The van der Waals surface area contributed by atoms with Gasteiger partial charge in [-0.3, -0.25) is 0 Å². The number of hydrogen-bond donors (Lipinski definition) is 1. The number of hydrogen-bond acceptors (Lipinski definition) is 7. The van der Waals surface area contributed by atoms with Gasteiger partial charge in [0.05, 0.1) is 34.0 Å². The van der Waals surface area contributed by atoms with E-state index in [1.807, 2.05) is 30.3 Å². The Morgan fingerprint density at radius 3 is 1.61 bits per heavy atom. The largest absolute Gasteiger partial charge is 0.497 e. The first-order valence-corrected chi connectivity index (χ1v) is 13.7. The highest BCUT2D eigenvalue weighted by atomic mass is 79.9. The van der Waals surface area contributed by atoms with Crippen molar-refractivity contribution in [1.29, 1.82) is 0 Å². The number of ether oxygens (including phenoxy) is 6. The van der Waals surface area contributed by atoms with Crippen molar-refractivity contribution in [3.8, 4) is 11.5 Å². The molecule has 2 atom stereocenters. The molecule has 2 fully saturated rings. The molecule has 200 valence electrons. The van der Waals surface area contributed by atoms with Gasteiger partial charge in [0.15, 0.2) is 12.6 Å². The summed E-state index contributed by atoms with van der Waals surface area (Å²) in [4.78, 5) is 0. The SMILES string of the molecule is COc1cc(CBr)cc(COC2CCCCO2)c1.COc1cc(CO)cc(COC2CCCCO2)c1. The molecule has 7 nitrogen and oxygen atoms in total. The Labute approximate surface area is 223 Å². The van der Waals surface area contributed by atoms with E-state index < -0.39 is 0 Å². The lowest BCUT2D eigenvalue weighted by Gasteiger charge is -2.22. The summed E-state index contributed by atoms with van der Waals surface area (Å²) in [6, 6.07) is 11.8. The van der Waals surface area contributed by atoms with Crippen LogP contribution in [0.5, 0.6) is 11.5 Å². The van der Waals surface area contributed by atoms with Crippen molar-refractivity contribution >= 4 is 15.9 Å². The molecule has 2 aromatic rings. The van der Waals surface area contributed by atoms with Gasteiger partial charge in [-0.2, -0.15) is 0 Å². The van der Waals surface area contributed by atoms with Gasteiger partial charge in [0.25, 0.3) is 0 Å². The van der Waals surface area contributed by atoms with Crippen LogP contribution in [-0.4, -0.2) is 45.1 Å². The van der Waals surface area contributed by atoms with Gasteiger partial charge in [-0.15, -0.1) is 0 Å². The third kappa shape index (κ3) is 10.00. The minimum absolute atomic E-state index is 0.00410. The van der Waals surface area contributed by atoms with Crippen molar-refractivity contribution in [1.82, 2.24) is 0 Å². The maximum atomic E-state index is 9.18. The highest BCUT2D eigenvalue weighted by Gasteiger charge is 2.15. The minimum Gasteiger partial charge on any atom is -0.497 e. The van der Waals surface area contributed by atoms with Crippen LogP contribution in [0.4, 0.5) is 0 Å². The molecule has 2 aliphatic rings. The van der Waals surface area contributed by atoms with Gasteiger partial charge in [-0.1, -0.05) is 28.1 Å². The van der Waals surface area contributed by atoms with Crippen LogP contribution < -0.4 is 9.47 Å². The highest BCUT2D eigenvalue weighted by Crippen LogP contribution is 2.22. The first-order valence-electron chi connectivity index (χ1n) is 12.6. The fourth-order valence-electron chi connectivity index (χ4n) is 4.09. The van der Waals surface area contributed by atoms with Gasteiger partial charge in [0.2, 0.25) is 0 Å². The quantitative estimate of drug-likeness (QED) is 0.361. The zero-order valence-corrected chi connectivity index (χ0v) is 23.0. The Bertz CT molecular complexity index is 777. The molecule has 0 bridgehead atoms. The lowest BCUT2D eigenvalue weighted by molar-refractivity contribution is -0.169. The molecule has 2 aromatic carbocycles. The van der Waals surface area contributed by atoms with Crippen LogP contribution in [0.2, 0.25) is 0 Å². The molecule has 36 heavy (non-hydrogen) atoms. The maximum Gasteiger partial charge on any atom is 0.158 e. The molecule has 0 spiro atoms. The van der Waals surface area contributed by atoms with E-state index in [4.69, 9.17) is 28.4 Å². The van der Waals surface area contributed by atoms with E-state index >= 15 is 0 Å². The van der Waals surface area contributed by atoms with Gasteiger partial charge >= 0.3 is 0 Å². The number of benzene rings is 2. The zero-order valence-electron chi connectivity index (χ0n) is 21.4. The summed E-state index contributed by atoms with van der Waals surface area (Å²) in [5.41, 5.74) is 4.14. The van der Waals surface area contributed by atoms with E-state index in [1.54, 1.807) is 14.2 Å². The predicted molar refractivity (Wildman–Crippen MR) is 141 cm³/mol.